The average molecular weight is 658 g/mol. The van der Waals surface area contributed by atoms with Gasteiger partial charge in [0, 0.05) is 61.9 Å². The number of piperidine rings is 1. The van der Waals surface area contributed by atoms with Gasteiger partial charge in [0.05, 0.1) is 27.9 Å². The largest absolute Gasteiger partial charge is 0.371 e. The van der Waals surface area contributed by atoms with Crippen LogP contribution in [0.2, 0.25) is 0 Å². The fourth-order valence-corrected chi connectivity index (χ4v) is 7.22. The van der Waals surface area contributed by atoms with Gasteiger partial charge in [-0.05, 0) is 79.3 Å². The van der Waals surface area contributed by atoms with Crippen LogP contribution in [0.25, 0.3) is 22.3 Å². The molecule has 2 aromatic carbocycles. The highest BCUT2D eigenvalue weighted by molar-refractivity contribution is 6.23. The van der Waals surface area contributed by atoms with Crippen molar-refractivity contribution in [2.24, 2.45) is 5.92 Å². The molecule has 8 rings (SSSR count). The van der Waals surface area contributed by atoms with Crippen LogP contribution in [-0.2, 0) is 16.0 Å². The molecule has 1 atom stereocenters. The van der Waals surface area contributed by atoms with E-state index in [1.807, 2.05) is 60.9 Å². The van der Waals surface area contributed by atoms with Gasteiger partial charge in [-0.1, -0.05) is 19.1 Å². The first-order chi connectivity index (χ1) is 23.8. The number of rotatable bonds is 8. The van der Waals surface area contributed by atoms with E-state index in [9.17, 15) is 24.0 Å². The van der Waals surface area contributed by atoms with Crippen molar-refractivity contribution in [2.75, 3.05) is 36.0 Å². The first kappa shape index (κ1) is 30.5. The van der Waals surface area contributed by atoms with Crippen LogP contribution in [-0.4, -0.2) is 81.6 Å². The van der Waals surface area contributed by atoms with Crippen LogP contribution in [0, 0.1) is 5.92 Å². The van der Waals surface area contributed by atoms with Crippen LogP contribution < -0.4 is 15.1 Å². The Kier molecular flexibility index (Phi) is 7.50. The van der Waals surface area contributed by atoms with Crippen molar-refractivity contribution in [2.45, 2.75) is 38.6 Å². The maximum atomic E-state index is 13.6. The molecule has 0 bridgehead atoms. The zero-order valence-electron chi connectivity index (χ0n) is 27.0. The van der Waals surface area contributed by atoms with Gasteiger partial charge in [-0.25, -0.2) is 9.78 Å². The second-order valence-corrected chi connectivity index (χ2v) is 13.0. The highest BCUT2D eigenvalue weighted by Crippen LogP contribution is 2.34. The first-order valence-corrected chi connectivity index (χ1v) is 16.7. The molecule has 6 heterocycles. The number of pyridine rings is 1. The summed E-state index contributed by atoms with van der Waals surface area (Å²) in [7, 11) is 0. The number of aromatic nitrogens is 2. The Morgan fingerprint density at radius 3 is 2.57 bits per heavy atom. The van der Waals surface area contributed by atoms with Crippen molar-refractivity contribution < 1.29 is 24.0 Å². The van der Waals surface area contributed by atoms with E-state index in [4.69, 9.17) is 4.98 Å². The summed E-state index contributed by atoms with van der Waals surface area (Å²) >= 11 is 0. The van der Waals surface area contributed by atoms with Gasteiger partial charge in [-0.2, -0.15) is 0 Å². The fourth-order valence-electron chi connectivity index (χ4n) is 7.22. The number of anilines is 2. The van der Waals surface area contributed by atoms with Gasteiger partial charge in [0.2, 0.25) is 11.8 Å². The van der Waals surface area contributed by atoms with E-state index in [-0.39, 0.29) is 30.0 Å². The monoisotopic (exact) mass is 657 g/mol. The zero-order chi connectivity index (χ0) is 33.8. The van der Waals surface area contributed by atoms with Crippen molar-refractivity contribution in [3.05, 3.63) is 89.8 Å². The third-order valence-electron chi connectivity index (χ3n) is 10.0. The maximum absolute atomic E-state index is 13.6. The van der Waals surface area contributed by atoms with Gasteiger partial charge in [-0.3, -0.25) is 34.3 Å². The molecule has 6 amide bonds. The Labute approximate surface area is 282 Å². The summed E-state index contributed by atoms with van der Waals surface area (Å²) in [5.74, 6) is -1.69. The van der Waals surface area contributed by atoms with Crippen LogP contribution in [0.15, 0.2) is 73.1 Å². The number of hydrogen-bond acceptors (Lipinski definition) is 7. The van der Waals surface area contributed by atoms with Crippen molar-refractivity contribution in [1.82, 2.24) is 25.1 Å². The number of urea groups is 1. The molecule has 12 heteroatoms. The molecular formula is C37H35N7O5. The van der Waals surface area contributed by atoms with E-state index in [2.05, 4.69) is 22.1 Å². The molecule has 0 spiro atoms. The minimum atomic E-state index is -0.987. The molecular weight excluding hydrogens is 622 g/mol. The number of amides is 6. The van der Waals surface area contributed by atoms with E-state index < -0.39 is 29.7 Å². The number of benzene rings is 2. The fraction of sp³-hybridized carbons (Fsp3) is 0.297. The topological polar surface area (TPSA) is 139 Å². The number of carbonyl (C=O) groups is 5. The molecule has 0 saturated carbocycles. The second-order valence-electron chi connectivity index (χ2n) is 13.0. The predicted molar refractivity (Wildman–Crippen MR) is 183 cm³/mol. The Morgan fingerprint density at radius 2 is 1.76 bits per heavy atom. The molecule has 2 fully saturated rings. The lowest BCUT2D eigenvalue weighted by molar-refractivity contribution is -0.136. The van der Waals surface area contributed by atoms with Crippen LogP contribution in [0.1, 0.15) is 52.5 Å². The summed E-state index contributed by atoms with van der Waals surface area (Å²) in [4.78, 5) is 78.7. The van der Waals surface area contributed by atoms with E-state index >= 15 is 0 Å². The van der Waals surface area contributed by atoms with Gasteiger partial charge in [0.1, 0.15) is 6.04 Å². The predicted octanol–water partition coefficient (Wildman–Crippen LogP) is 4.48. The third-order valence-corrected chi connectivity index (χ3v) is 10.0. The number of aryl methyl sites for hydroxylation is 1. The molecule has 4 aliphatic heterocycles. The molecule has 2 N–H and O–H groups in total. The van der Waals surface area contributed by atoms with Gasteiger partial charge < -0.3 is 14.8 Å². The van der Waals surface area contributed by atoms with Crippen molar-refractivity contribution >= 4 is 52.1 Å². The number of carbonyl (C=O) groups excluding carboxylic acids is 5. The highest BCUT2D eigenvalue weighted by Gasteiger charge is 2.45. The molecule has 2 aromatic heterocycles. The summed E-state index contributed by atoms with van der Waals surface area (Å²) < 4.78 is 0. The van der Waals surface area contributed by atoms with Crippen molar-refractivity contribution in [1.29, 1.82) is 0 Å². The first-order valence-electron chi connectivity index (χ1n) is 16.7. The van der Waals surface area contributed by atoms with Gasteiger partial charge in [0.15, 0.2) is 0 Å². The lowest BCUT2D eigenvalue weighted by atomic mass is 9.94. The second kappa shape index (κ2) is 12.0. The third kappa shape index (κ3) is 5.33. The van der Waals surface area contributed by atoms with Crippen molar-refractivity contribution in [3.63, 3.8) is 0 Å². The summed E-state index contributed by atoms with van der Waals surface area (Å²) in [5.41, 5.74) is 7.16. The number of H-pyrrole nitrogens is 1. The standard InChI is InChI=1S/C37H35N7O5/c1-2-23-19-38-30-10-9-29(39-33(23)30)24-5-3-6-26(17-24)43-15-4-14-41(37(43)49)16-13-22-20-42(21-22)25-7-8-27-28(18-25)36(48)44(35(27)47)31-11-12-32(45)40-34(31)46/h3-10,14,17-19,22,31,38H,2,11-13,15-16,20-21H2,1H3,(H,40,45,46). The lowest BCUT2D eigenvalue weighted by Crippen LogP contribution is -2.54. The van der Waals surface area contributed by atoms with Crippen LogP contribution in [0.3, 0.4) is 0 Å². The maximum Gasteiger partial charge on any atom is 0.328 e. The molecule has 248 valence electrons. The Bertz CT molecular complexity index is 2080. The molecule has 0 aliphatic carbocycles. The number of hydrogen-bond donors (Lipinski definition) is 2. The number of nitrogens with one attached hydrogen (secondary N) is 2. The van der Waals surface area contributed by atoms with Crippen molar-refractivity contribution in [3.8, 4) is 11.3 Å². The molecule has 0 radical (unpaired) electrons. The van der Waals surface area contributed by atoms with Crippen LogP contribution >= 0.6 is 0 Å². The van der Waals surface area contributed by atoms with E-state index in [0.717, 1.165) is 64.5 Å². The van der Waals surface area contributed by atoms with E-state index in [1.54, 1.807) is 21.9 Å². The molecule has 49 heavy (non-hydrogen) atoms. The Morgan fingerprint density at radius 1 is 0.918 bits per heavy atom. The summed E-state index contributed by atoms with van der Waals surface area (Å²) in [6, 6.07) is 16.1. The normalized spacial score (nSPS) is 19.6. The van der Waals surface area contributed by atoms with E-state index in [0.29, 0.717) is 19.0 Å². The molecule has 2 saturated heterocycles. The number of aromatic amines is 1. The molecule has 12 nitrogen and oxygen atoms in total. The summed E-state index contributed by atoms with van der Waals surface area (Å²) in [6.45, 7) is 4.69. The Hall–Kier alpha value is -5.78. The SMILES string of the molecule is CCc1c[nH]c2ccc(-c3cccc(N4CC=CN(CCC5CN(c6ccc7c(c6)C(=O)N(C6CCC(=O)NC6=O)C7=O)C5)C4=O)c3)nc12. The number of fused-ring (bicyclic) bond motifs is 2. The molecule has 1 unspecified atom stereocenters. The highest BCUT2D eigenvalue weighted by atomic mass is 16.2. The average Bonchev–Trinajstić information content (AvgIpc) is 3.61. The smallest absolute Gasteiger partial charge is 0.328 e. The molecule has 4 aliphatic rings. The molecule has 4 aromatic rings. The summed E-state index contributed by atoms with van der Waals surface area (Å²) in [6.07, 6.45) is 7.78. The minimum Gasteiger partial charge on any atom is -0.371 e. The quantitative estimate of drug-likeness (QED) is 0.267. The number of imide groups is 2. The van der Waals surface area contributed by atoms with Gasteiger partial charge in [0.25, 0.3) is 11.8 Å². The van der Waals surface area contributed by atoms with Gasteiger partial charge >= 0.3 is 6.03 Å². The van der Waals surface area contributed by atoms with Crippen LogP contribution in [0.5, 0.6) is 0 Å². The Balaban J connectivity index is 0.885. The summed E-state index contributed by atoms with van der Waals surface area (Å²) in [5, 5.41) is 2.22. The zero-order valence-corrected chi connectivity index (χ0v) is 27.0. The van der Waals surface area contributed by atoms with E-state index in [1.165, 1.54) is 5.56 Å². The number of nitrogens with zero attached hydrogens (tertiary/aromatic N) is 5. The van der Waals surface area contributed by atoms with Crippen LogP contribution in [0.4, 0.5) is 16.2 Å². The van der Waals surface area contributed by atoms with Gasteiger partial charge in [-0.15, -0.1) is 0 Å². The lowest BCUT2D eigenvalue weighted by Gasteiger charge is -2.42. The minimum absolute atomic E-state index is 0.0690.